The molecule has 0 amide bonds. The molecule has 0 bridgehead atoms. The van der Waals surface area contributed by atoms with E-state index in [1.807, 2.05) is 0 Å². The van der Waals surface area contributed by atoms with Crippen molar-refractivity contribution in [2.24, 2.45) is 0 Å². The van der Waals surface area contributed by atoms with Gasteiger partial charge in [-0.25, -0.2) is 0 Å². The van der Waals surface area contributed by atoms with Crippen molar-refractivity contribution in [2.75, 3.05) is 13.1 Å². The number of halogens is 3. The van der Waals surface area contributed by atoms with Crippen LogP contribution in [0, 0.1) is 6.92 Å². The lowest BCUT2D eigenvalue weighted by molar-refractivity contribution is -0.158. The van der Waals surface area contributed by atoms with Crippen molar-refractivity contribution in [3.05, 3.63) is 29.3 Å². The fraction of sp³-hybridized carbons (Fsp3) is 0.462. The van der Waals surface area contributed by atoms with Crippen LogP contribution in [0.1, 0.15) is 24.1 Å². The molecule has 0 aromatic heterocycles. The first-order valence-corrected chi connectivity index (χ1v) is 5.92. The number of carboxylic acids is 1. The first-order valence-electron chi connectivity index (χ1n) is 5.92. The normalized spacial score (nSPS) is 13.5. The number of carboxylic acid groups (broad SMARTS) is 1. The van der Waals surface area contributed by atoms with Crippen molar-refractivity contribution in [3.63, 3.8) is 0 Å². The Labute approximate surface area is 114 Å². The molecule has 0 aliphatic rings. The third kappa shape index (κ3) is 4.73. The highest BCUT2D eigenvalue weighted by Crippen LogP contribution is 2.31. The highest BCUT2D eigenvalue weighted by Gasteiger charge is 2.34. The van der Waals surface area contributed by atoms with E-state index in [2.05, 4.69) is 0 Å². The first-order chi connectivity index (χ1) is 9.10. The summed E-state index contributed by atoms with van der Waals surface area (Å²) in [6.45, 7) is 1.06. The largest absolute Gasteiger partial charge is 0.508 e. The van der Waals surface area contributed by atoms with Gasteiger partial charge in [-0.05, 0) is 19.9 Å². The number of alkyl halides is 3. The van der Waals surface area contributed by atoms with Crippen LogP contribution in [0.3, 0.4) is 0 Å². The van der Waals surface area contributed by atoms with Crippen molar-refractivity contribution < 1.29 is 28.2 Å². The van der Waals surface area contributed by atoms with E-state index in [0.29, 0.717) is 0 Å². The SMILES string of the molecule is Cc1ccc(O)c(C(C)N(CC(=O)O)CC(F)(F)F)c1. The third-order valence-corrected chi connectivity index (χ3v) is 2.90. The quantitative estimate of drug-likeness (QED) is 0.875. The van der Waals surface area contributed by atoms with Gasteiger partial charge in [0.1, 0.15) is 5.75 Å². The van der Waals surface area contributed by atoms with Gasteiger partial charge < -0.3 is 10.2 Å². The summed E-state index contributed by atoms with van der Waals surface area (Å²) in [5.41, 5.74) is 1.04. The van der Waals surface area contributed by atoms with Gasteiger partial charge in [0.15, 0.2) is 0 Å². The van der Waals surface area contributed by atoms with Gasteiger partial charge in [-0.15, -0.1) is 0 Å². The maximum Gasteiger partial charge on any atom is 0.401 e. The number of carbonyl (C=O) groups is 1. The van der Waals surface area contributed by atoms with Crippen molar-refractivity contribution in [1.29, 1.82) is 0 Å². The summed E-state index contributed by atoms with van der Waals surface area (Å²) >= 11 is 0. The Morgan fingerprint density at radius 1 is 1.40 bits per heavy atom. The zero-order valence-electron chi connectivity index (χ0n) is 11.1. The second-order valence-electron chi connectivity index (χ2n) is 4.65. The van der Waals surface area contributed by atoms with E-state index < -0.39 is 31.3 Å². The van der Waals surface area contributed by atoms with E-state index in [0.717, 1.165) is 10.5 Å². The predicted molar refractivity (Wildman–Crippen MR) is 66.5 cm³/mol. The molecule has 7 heteroatoms. The molecule has 20 heavy (non-hydrogen) atoms. The topological polar surface area (TPSA) is 60.8 Å². The van der Waals surface area contributed by atoms with Crippen LogP contribution < -0.4 is 0 Å². The van der Waals surface area contributed by atoms with Crippen LogP contribution in [0.5, 0.6) is 5.75 Å². The molecule has 0 heterocycles. The monoisotopic (exact) mass is 291 g/mol. The fourth-order valence-electron chi connectivity index (χ4n) is 1.94. The minimum absolute atomic E-state index is 0.152. The van der Waals surface area contributed by atoms with Crippen LogP contribution in [0.4, 0.5) is 13.2 Å². The van der Waals surface area contributed by atoms with E-state index in [4.69, 9.17) is 5.11 Å². The number of benzene rings is 1. The second kappa shape index (κ2) is 6.13. The first kappa shape index (κ1) is 16.3. The predicted octanol–water partition coefficient (Wildman–Crippen LogP) is 2.71. The minimum atomic E-state index is -4.51. The molecule has 0 aliphatic carbocycles. The molecule has 0 spiro atoms. The Bertz CT molecular complexity index is 488. The van der Waals surface area contributed by atoms with Gasteiger partial charge in [0.2, 0.25) is 0 Å². The Kier molecular flexibility index (Phi) is 4.99. The molecule has 0 fully saturated rings. The van der Waals surface area contributed by atoms with Gasteiger partial charge in [0.05, 0.1) is 13.1 Å². The lowest BCUT2D eigenvalue weighted by Crippen LogP contribution is -2.39. The molecule has 1 atom stereocenters. The molecule has 1 aromatic carbocycles. The molecule has 0 saturated heterocycles. The van der Waals surface area contributed by atoms with E-state index in [-0.39, 0.29) is 11.3 Å². The molecule has 0 radical (unpaired) electrons. The highest BCUT2D eigenvalue weighted by atomic mass is 19.4. The number of aliphatic carboxylic acids is 1. The molecule has 1 unspecified atom stereocenters. The minimum Gasteiger partial charge on any atom is -0.508 e. The summed E-state index contributed by atoms with van der Waals surface area (Å²) in [5, 5.41) is 18.5. The second-order valence-corrected chi connectivity index (χ2v) is 4.65. The van der Waals surface area contributed by atoms with Gasteiger partial charge in [0, 0.05) is 11.6 Å². The van der Waals surface area contributed by atoms with E-state index >= 15 is 0 Å². The number of rotatable bonds is 5. The van der Waals surface area contributed by atoms with Gasteiger partial charge in [-0.2, -0.15) is 13.2 Å². The van der Waals surface area contributed by atoms with Crippen LogP contribution in [0.25, 0.3) is 0 Å². The standard InChI is InChI=1S/C13H16F3NO3/c1-8-3-4-11(18)10(5-8)9(2)17(6-12(19)20)7-13(14,15)16/h3-5,9,18H,6-7H2,1-2H3,(H,19,20). The highest BCUT2D eigenvalue weighted by molar-refractivity contribution is 5.69. The number of nitrogens with zero attached hydrogens (tertiary/aromatic N) is 1. The lowest BCUT2D eigenvalue weighted by atomic mass is 10.0. The van der Waals surface area contributed by atoms with Crippen molar-refractivity contribution >= 4 is 5.97 Å². The molecule has 2 N–H and O–H groups in total. The summed E-state index contributed by atoms with van der Waals surface area (Å²) in [4.78, 5) is 11.5. The molecule has 0 saturated carbocycles. The van der Waals surface area contributed by atoms with Gasteiger partial charge in [-0.3, -0.25) is 9.69 Å². The van der Waals surface area contributed by atoms with Crippen LogP contribution in [-0.2, 0) is 4.79 Å². The van der Waals surface area contributed by atoms with Crippen molar-refractivity contribution in [2.45, 2.75) is 26.1 Å². The Hall–Kier alpha value is -1.76. The summed E-state index contributed by atoms with van der Waals surface area (Å²) in [6.07, 6.45) is -4.51. The maximum absolute atomic E-state index is 12.5. The Balaban J connectivity index is 3.05. The fourth-order valence-corrected chi connectivity index (χ4v) is 1.94. The molecule has 0 aliphatic heterocycles. The Morgan fingerprint density at radius 2 is 2.00 bits per heavy atom. The number of aryl methyl sites for hydroxylation is 1. The van der Waals surface area contributed by atoms with Crippen LogP contribution in [0.2, 0.25) is 0 Å². The summed E-state index contributed by atoms with van der Waals surface area (Å²) in [5.74, 6) is -1.51. The van der Waals surface area contributed by atoms with E-state index in [1.54, 1.807) is 19.1 Å². The number of phenolic OH excluding ortho intramolecular Hbond substituents is 1. The number of aromatic hydroxyl groups is 1. The van der Waals surface area contributed by atoms with Crippen LogP contribution in [0.15, 0.2) is 18.2 Å². The molecule has 1 aromatic rings. The third-order valence-electron chi connectivity index (χ3n) is 2.90. The van der Waals surface area contributed by atoms with E-state index in [9.17, 15) is 23.1 Å². The maximum atomic E-state index is 12.5. The summed E-state index contributed by atoms with van der Waals surface area (Å²) in [6, 6.07) is 3.68. The van der Waals surface area contributed by atoms with Crippen molar-refractivity contribution in [3.8, 4) is 5.75 Å². The molecular formula is C13H16F3NO3. The smallest absolute Gasteiger partial charge is 0.401 e. The van der Waals surface area contributed by atoms with E-state index in [1.165, 1.54) is 13.0 Å². The average molecular weight is 291 g/mol. The van der Waals surface area contributed by atoms with Gasteiger partial charge in [-0.1, -0.05) is 17.7 Å². The zero-order chi connectivity index (χ0) is 15.5. The summed E-state index contributed by atoms with van der Waals surface area (Å²) in [7, 11) is 0. The number of hydrogen-bond acceptors (Lipinski definition) is 3. The molecule has 1 rings (SSSR count). The van der Waals surface area contributed by atoms with Gasteiger partial charge in [0.25, 0.3) is 0 Å². The molecule has 4 nitrogen and oxygen atoms in total. The summed E-state index contributed by atoms with van der Waals surface area (Å²) < 4.78 is 37.5. The molecule has 112 valence electrons. The van der Waals surface area contributed by atoms with Crippen LogP contribution in [-0.4, -0.2) is 40.3 Å². The zero-order valence-corrected chi connectivity index (χ0v) is 11.1. The van der Waals surface area contributed by atoms with Crippen molar-refractivity contribution in [1.82, 2.24) is 4.90 Å². The lowest BCUT2D eigenvalue weighted by Gasteiger charge is -2.29. The van der Waals surface area contributed by atoms with Gasteiger partial charge >= 0.3 is 12.1 Å². The number of phenols is 1. The Morgan fingerprint density at radius 3 is 2.50 bits per heavy atom. The average Bonchev–Trinajstić information content (AvgIpc) is 2.28. The van der Waals surface area contributed by atoms with Crippen LogP contribution >= 0.6 is 0 Å². The molecular weight excluding hydrogens is 275 g/mol. The number of hydrogen-bond donors (Lipinski definition) is 2.